The maximum Gasteiger partial charge on any atom is 0.244 e. The molecule has 0 radical (unpaired) electrons. The smallest absolute Gasteiger partial charge is 0.244 e. The Bertz CT molecular complexity index is 635. The molecule has 0 spiro atoms. The topological polar surface area (TPSA) is 49.3 Å². The number of carbonyl (C=O) groups is 1. The lowest BCUT2D eigenvalue weighted by Gasteiger charge is -2.15. The number of nitrogens with one attached hydrogen (secondary N) is 1. The molecule has 0 aliphatic heterocycles. The van der Waals surface area contributed by atoms with E-state index in [2.05, 4.69) is 17.4 Å². The van der Waals surface area contributed by atoms with Gasteiger partial charge in [0.05, 0.1) is 12.6 Å². The summed E-state index contributed by atoms with van der Waals surface area (Å²) < 4.78 is 0. The van der Waals surface area contributed by atoms with Crippen molar-refractivity contribution in [1.82, 2.24) is 5.32 Å². The summed E-state index contributed by atoms with van der Waals surface area (Å²) in [5, 5.41) is 12.3. The van der Waals surface area contributed by atoms with Crippen LogP contribution in [0.3, 0.4) is 0 Å². The lowest BCUT2D eigenvalue weighted by atomic mass is 10.0. The number of allylic oxidation sites excluding steroid dienone is 1. The number of aryl methyl sites for hydroxylation is 1. The summed E-state index contributed by atoms with van der Waals surface area (Å²) in [4.78, 5) is 12.1. The second-order valence-corrected chi connectivity index (χ2v) is 5.63. The van der Waals surface area contributed by atoms with E-state index in [-0.39, 0.29) is 18.6 Å². The first-order valence-electron chi connectivity index (χ1n) is 7.86. The van der Waals surface area contributed by atoms with Gasteiger partial charge in [-0.1, -0.05) is 66.2 Å². The van der Waals surface area contributed by atoms with Crippen molar-refractivity contribution in [2.75, 3.05) is 6.61 Å². The average molecular weight is 309 g/mol. The highest BCUT2D eigenvalue weighted by molar-refractivity contribution is 5.88. The summed E-state index contributed by atoms with van der Waals surface area (Å²) in [7, 11) is 0. The summed E-state index contributed by atoms with van der Waals surface area (Å²) >= 11 is 0. The van der Waals surface area contributed by atoms with E-state index in [1.807, 2.05) is 55.5 Å². The fourth-order valence-corrected chi connectivity index (χ4v) is 2.42. The van der Waals surface area contributed by atoms with Gasteiger partial charge in [0, 0.05) is 6.08 Å². The molecule has 2 N–H and O–H groups in total. The monoisotopic (exact) mass is 309 g/mol. The molecule has 0 saturated heterocycles. The fraction of sp³-hybridized carbons (Fsp3) is 0.250. The van der Waals surface area contributed by atoms with E-state index < -0.39 is 0 Å². The highest BCUT2D eigenvalue weighted by Crippen LogP contribution is 2.12. The van der Waals surface area contributed by atoms with E-state index in [4.69, 9.17) is 0 Å². The van der Waals surface area contributed by atoms with E-state index in [0.717, 1.165) is 24.0 Å². The molecule has 0 aromatic heterocycles. The van der Waals surface area contributed by atoms with Crippen molar-refractivity contribution in [2.45, 2.75) is 25.8 Å². The van der Waals surface area contributed by atoms with Crippen LogP contribution < -0.4 is 5.32 Å². The minimum absolute atomic E-state index is 0.118. The number of carbonyl (C=O) groups excluding carboxylic acids is 1. The SMILES string of the molecule is C/C(=C/C(=O)NC(CO)c1ccccc1)CCc1ccccc1. The van der Waals surface area contributed by atoms with Gasteiger partial charge >= 0.3 is 0 Å². The van der Waals surface area contributed by atoms with Crippen molar-refractivity contribution in [3.05, 3.63) is 83.4 Å². The third kappa shape index (κ3) is 5.72. The van der Waals surface area contributed by atoms with Crippen molar-refractivity contribution in [3.8, 4) is 0 Å². The van der Waals surface area contributed by atoms with Gasteiger partial charge in [-0.05, 0) is 30.9 Å². The van der Waals surface area contributed by atoms with E-state index in [1.165, 1.54) is 5.56 Å². The highest BCUT2D eigenvalue weighted by Gasteiger charge is 2.11. The number of rotatable bonds is 7. The molecule has 120 valence electrons. The molecule has 0 saturated carbocycles. The zero-order chi connectivity index (χ0) is 16.5. The Kier molecular flexibility index (Phi) is 6.57. The van der Waals surface area contributed by atoms with Gasteiger partial charge in [-0.25, -0.2) is 0 Å². The van der Waals surface area contributed by atoms with Crippen LogP contribution in [-0.4, -0.2) is 17.6 Å². The summed E-state index contributed by atoms with van der Waals surface area (Å²) in [5.41, 5.74) is 3.19. The van der Waals surface area contributed by atoms with E-state index in [9.17, 15) is 9.90 Å². The number of amides is 1. The van der Waals surface area contributed by atoms with Crippen LogP contribution in [0.2, 0.25) is 0 Å². The molecule has 2 rings (SSSR count). The van der Waals surface area contributed by atoms with Crippen LogP contribution in [0.5, 0.6) is 0 Å². The van der Waals surface area contributed by atoms with Gasteiger partial charge < -0.3 is 10.4 Å². The molecule has 0 heterocycles. The Morgan fingerprint density at radius 2 is 1.70 bits per heavy atom. The number of aliphatic hydroxyl groups is 1. The van der Waals surface area contributed by atoms with Crippen LogP contribution in [0.25, 0.3) is 0 Å². The third-order valence-corrected chi connectivity index (χ3v) is 3.73. The molecule has 3 heteroatoms. The largest absolute Gasteiger partial charge is 0.394 e. The van der Waals surface area contributed by atoms with Gasteiger partial charge in [-0.15, -0.1) is 0 Å². The number of benzene rings is 2. The summed E-state index contributed by atoms with van der Waals surface area (Å²) in [6.07, 6.45) is 3.37. The Morgan fingerprint density at radius 3 is 2.30 bits per heavy atom. The molecule has 1 amide bonds. The number of hydrogen-bond acceptors (Lipinski definition) is 2. The Morgan fingerprint density at radius 1 is 1.09 bits per heavy atom. The number of hydrogen-bond donors (Lipinski definition) is 2. The van der Waals surface area contributed by atoms with Crippen LogP contribution >= 0.6 is 0 Å². The predicted octanol–water partition coefficient (Wildman–Crippen LogP) is 3.42. The van der Waals surface area contributed by atoms with Crippen molar-refractivity contribution < 1.29 is 9.90 Å². The predicted molar refractivity (Wildman–Crippen MR) is 92.9 cm³/mol. The van der Waals surface area contributed by atoms with Crippen LogP contribution in [-0.2, 0) is 11.2 Å². The second-order valence-electron chi connectivity index (χ2n) is 5.63. The quantitative estimate of drug-likeness (QED) is 0.770. The maximum absolute atomic E-state index is 12.1. The van der Waals surface area contributed by atoms with Gasteiger partial charge in [0.1, 0.15) is 0 Å². The molecule has 3 nitrogen and oxygen atoms in total. The lowest BCUT2D eigenvalue weighted by Crippen LogP contribution is -2.29. The Hall–Kier alpha value is -2.39. The van der Waals surface area contributed by atoms with Crippen LogP contribution in [0.1, 0.15) is 30.5 Å². The standard InChI is InChI=1S/C20H23NO2/c1-16(12-13-17-8-4-2-5-9-17)14-20(23)21-19(15-22)18-10-6-3-7-11-18/h2-11,14,19,22H,12-13,15H2,1H3,(H,21,23)/b16-14-. The molecule has 2 aromatic rings. The second kappa shape index (κ2) is 8.91. The number of aliphatic hydroxyl groups excluding tert-OH is 1. The van der Waals surface area contributed by atoms with Gasteiger partial charge in [0.25, 0.3) is 0 Å². The Balaban J connectivity index is 1.89. The van der Waals surface area contributed by atoms with Gasteiger partial charge in [0.2, 0.25) is 5.91 Å². The molecular formula is C20H23NO2. The third-order valence-electron chi connectivity index (χ3n) is 3.73. The molecule has 0 bridgehead atoms. The molecule has 0 fully saturated rings. The average Bonchev–Trinajstić information content (AvgIpc) is 2.59. The summed E-state index contributed by atoms with van der Waals surface area (Å²) in [6, 6.07) is 19.3. The van der Waals surface area contributed by atoms with Crippen LogP contribution in [0.15, 0.2) is 72.3 Å². The van der Waals surface area contributed by atoms with Gasteiger partial charge in [0.15, 0.2) is 0 Å². The minimum Gasteiger partial charge on any atom is -0.394 e. The zero-order valence-electron chi connectivity index (χ0n) is 13.4. The zero-order valence-corrected chi connectivity index (χ0v) is 13.4. The molecule has 1 atom stereocenters. The fourth-order valence-electron chi connectivity index (χ4n) is 2.42. The molecule has 1 unspecified atom stereocenters. The molecular weight excluding hydrogens is 286 g/mol. The minimum atomic E-state index is -0.373. The van der Waals surface area contributed by atoms with Gasteiger partial charge in [-0.2, -0.15) is 0 Å². The molecule has 23 heavy (non-hydrogen) atoms. The first-order valence-corrected chi connectivity index (χ1v) is 7.86. The first-order chi connectivity index (χ1) is 11.2. The van der Waals surface area contributed by atoms with Crippen LogP contribution in [0.4, 0.5) is 0 Å². The van der Waals surface area contributed by atoms with E-state index >= 15 is 0 Å². The van der Waals surface area contributed by atoms with Crippen LogP contribution in [0, 0.1) is 0 Å². The lowest BCUT2D eigenvalue weighted by molar-refractivity contribution is -0.117. The van der Waals surface area contributed by atoms with Crippen molar-refractivity contribution in [2.24, 2.45) is 0 Å². The molecule has 0 aliphatic carbocycles. The summed E-state index contributed by atoms with van der Waals surface area (Å²) in [5.74, 6) is -0.168. The van der Waals surface area contributed by atoms with Crippen molar-refractivity contribution in [1.29, 1.82) is 0 Å². The molecule has 0 aliphatic rings. The maximum atomic E-state index is 12.1. The van der Waals surface area contributed by atoms with Gasteiger partial charge in [-0.3, -0.25) is 4.79 Å². The summed E-state index contributed by atoms with van der Waals surface area (Å²) in [6.45, 7) is 1.84. The van der Waals surface area contributed by atoms with E-state index in [1.54, 1.807) is 6.08 Å². The first kappa shape index (κ1) is 17.0. The van der Waals surface area contributed by atoms with E-state index in [0.29, 0.717) is 0 Å². The van der Waals surface area contributed by atoms with Crippen molar-refractivity contribution in [3.63, 3.8) is 0 Å². The Labute approximate surface area is 137 Å². The highest BCUT2D eigenvalue weighted by atomic mass is 16.3. The molecule has 2 aromatic carbocycles. The normalized spacial score (nSPS) is 12.7. The van der Waals surface area contributed by atoms with Crippen molar-refractivity contribution >= 4 is 5.91 Å².